The summed E-state index contributed by atoms with van der Waals surface area (Å²) < 4.78 is 5.02. The van der Waals surface area contributed by atoms with Crippen LogP contribution in [0.2, 0.25) is 0 Å². The maximum Gasteiger partial charge on any atom is 0.324 e. The number of urea groups is 1. The predicted octanol–water partition coefficient (Wildman–Crippen LogP) is 1.92. The van der Waals surface area contributed by atoms with Gasteiger partial charge in [-0.05, 0) is 26.7 Å². The van der Waals surface area contributed by atoms with Crippen LogP contribution < -0.4 is 5.32 Å². The van der Waals surface area contributed by atoms with Crippen LogP contribution in [-0.4, -0.2) is 29.2 Å². The summed E-state index contributed by atoms with van der Waals surface area (Å²) in [6.07, 6.45) is 2.17. The first-order valence-corrected chi connectivity index (χ1v) is 5.17. The lowest BCUT2D eigenvalue weighted by molar-refractivity contribution is 0.221. The van der Waals surface area contributed by atoms with Gasteiger partial charge in [-0.3, -0.25) is 5.32 Å². The van der Waals surface area contributed by atoms with E-state index < -0.39 is 0 Å². The molecule has 2 heterocycles. The quantitative estimate of drug-likeness (QED) is 0.768. The Balaban J connectivity index is 2.02. The monoisotopic (exact) mass is 209 g/mol. The number of aromatic nitrogens is 1. The molecule has 0 spiro atoms. The number of amides is 2. The second-order valence-electron chi connectivity index (χ2n) is 3.85. The van der Waals surface area contributed by atoms with Crippen molar-refractivity contribution in [3.05, 3.63) is 11.3 Å². The second kappa shape index (κ2) is 3.92. The van der Waals surface area contributed by atoms with Gasteiger partial charge in [-0.2, -0.15) is 0 Å². The molecule has 0 aromatic carbocycles. The van der Waals surface area contributed by atoms with Gasteiger partial charge in [-0.25, -0.2) is 4.79 Å². The number of hydrogen-bond acceptors (Lipinski definition) is 3. The number of nitrogens with zero attached hydrogens (tertiary/aromatic N) is 2. The highest BCUT2D eigenvalue weighted by atomic mass is 16.5. The van der Waals surface area contributed by atoms with Crippen LogP contribution in [0.4, 0.5) is 10.7 Å². The Labute approximate surface area is 88.4 Å². The average molecular weight is 209 g/mol. The van der Waals surface area contributed by atoms with Crippen molar-refractivity contribution in [3.63, 3.8) is 0 Å². The van der Waals surface area contributed by atoms with Crippen molar-refractivity contribution in [2.45, 2.75) is 26.7 Å². The Morgan fingerprint density at radius 1 is 1.40 bits per heavy atom. The summed E-state index contributed by atoms with van der Waals surface area (Å²) in [4.78, 5) is 13.5. The van der Waals surface area contributed by atoms with Gasteiger partial charge in [0, 0.05) is 18.7 Å². The summed E-state index contributed by atoms with van der Waals surface area (Å²) in [5, 5.41) is 6.52. The lowest BCUT2D eigenvalue weighted by atomic mass is 10.3. The molecule has 82 valence electrons. The van der Waals surface area contributed by atoms with Crippen molar-refractivity contribution >= 4 is 11.9 Å². The molecule has 0 atom stereocenters. The summed E-state index contributed by atoms with van der Waals surface area (Å²) in [7, 11) is 0. The van der Waals surface area contributed by atoms with Crippen molar-refractivity contribution in [1.82, 2.24) is 10.1 Å². The molecule has 1 aliphatic rings. The first-order valence-electron chi connectivity index (χ1n) is 5.17. The van der Waals surface area contributed by atoms with Gasteiger partial charge in [0.25, 0.3) is 0 Å². The molecule has 1 aromatic rings. The normalized spacial score (nSPS) is 15.7. The van der Waals surface area contributed by atoms with Crippen LogP contribution in [0.5, 0.6) is 0 Å². The van der Waals surface area contributed by atoms with Gasteiger partial charge < -0.3 is 9.42 Å². The minimum atomic E-state index is -0.0910. The highest BCUT2D eigenvalue weighted by Gasteiger charge is 2.20. The van der Waals surface area contributed by atoms with E-state index in [9.17, 15) is 4.79 Å². The van der Waals surface area contributed by atoms with Crippen LogP contribution in [0.25, 0.3) is 0 Å². The zero-order valence-electron chi connectivity index (χ0n) is 9.04. The molecular weight excluding hydrogens is 194 g/mol. The van der Waals surface area contributed by atoms with Crippen LogP contribution in [-0.2, 0) is 0 Å². The second-order valence-corrected chi connectivity index (χ2v) is 3.85. The molecule has 1 fully saturated rings. The molecule has 1 N–H and O–H groups in total. The number of carbonyl (C=O) groups excluding carboxylic acids is 1. The predicted molar refractivity (Wildman–Crippen MR) is 55.8 cm³/mol. The molecular formula is C10H15N3O2. The molecule has 5 nitrogen and oxygen atoms in total. The Hall–Kier alpha value is -1.52. The van der Waals surface area contributed by atoms with Gasteiger partial charge >= 0.3 is 6.03 Å². The zero-order chi connectivity index (χ0) is 10.8. The molecule has 1 aliphatic heterocycles. The molecule has 5 heteroatoms. The van der Waals surface area contributed by atoms with Gasteiger partial charge in [0.15, 0.2) is 0 Å². The van der Waals surface area contributed by atoms with Crippen molar-refractivity contribution in [3.8, 4) is 0 Å². The third kappa shape index (κ3) is 1.95. The highest BCUT2D eigenvalue weighted by Crippen LogP contribution is 2.18. The average Bonchev–Trinajstić information content (AvgIpc) is 2.83. The van der Waals surface area contributed by atoms with Gasteiger partial charge in [-0.1, -0.05) is 5.16 Å². The van der Waals surface area contributed by atoms with Gasteiger partial charge in [0.1, 0.15) is 0 Å². The fraction of sp³-hybridized carbons (Fsp3) is 0.600. The number of hydrogen-bond donors (Lipinski definition) is 1. The minimum Gasteiger partial charge on any atom is -0.338 e. The third-order valence-electron chi connectivity index (χ3n) is 2.77. The lowest BCUT2D eigenvalue weighted by Gasteiger charge is -2.14. The summed E-state index contributed by atoms with van der Waals surface area (Å²) in [6.45, 7) is 5.39. The molecule has 15 heavy (non-hydrogen) atoms. The fourth-order valence-electron chi connectivity index (χ4n) is 1.63. The maximum absolute atomic E-state index is 11.7. The summed E-state index contributed by atoms with van der Waals surface area (Å²) in [6, 6.07) is -0.0910. The van der Waals surface area contributed by atoms with E-state index in [1.54, 1.807) is 4.90 Å². The smallest absolute Gasteiger partial charge is 0.324 e. The van der Waals surface area contributed by atoms with E-state index in [0.717, 1.165) is 37.2 Å². The lowest BCUT2D eigenvalue weighted by Crippen LogP contribution is -2.32. The minimum absolute atomic E-state index is 0.0910. The Kier molecular flexibility index (Phi) is 2.62. The van der Waals surface area contributed by atoms with Crippen molar-refractivity contribution < 1.29 is 9.32 Å². The van der Waals surface area contributed by atoms with Crippen LogP contribution >= 0.6 is 0 Å². The Morgan fingerprint density at radius 2 is 2.07 bits per heavy atom. The summed E-state index contributed by atoms with van der Waals surface area (Å²) in [5.74, 6) is 0.462. The van der Waals surface area contributed by atoms with E-state index in [2.05, 4.69) is 10.5 Å². The van der Waals surface area contributed by atoms with Crippen LogP contribution in [0.3, 0.4) is 0 Å². The van der Waals surface area contributed by atoms with Crippen molar-refractivity contribution in [2.24, 2.45) is 0 Å². The number of carbonyl (C=O) groups is 1. The van der Waals surface area contributed by atoms with Gasteiger partial charge in [-0.15, -0.1) is 0 Å². The molecule has 2 rings (SSSR count). The van der Waals surface area contributed by atoms with E-state index in [1.807, 2.05) is 13.8 Å². The molecule has 0 unspecified atom stereocenters. The Bertz CT molecular complexity index is 367. The van der Waals surface area contributed by atoms with Crippen molar-refractivity contribution in [2.75, 3.05) is 18.4 Å². The molecule has 1 aromatic heterocycles. The first-order chi connectivity index (χ1) is 7.18. The van der Waals surface area contributed by atoms with Crippen molar-refractivity contribution in [1.29, 1.82) is 0 Å². The molecule has 0 bridgehead atoms. The van der Waals surface area contributed by atoms with Gasteiger partial charge in [0.05, 0.1) is 5.69 Å². The zero-order valence-corrected chi connectivity index (χ0v) is 9.04. The van der Waals surface area contributed by atoms with Crippen LogP contribution in [0, 0.1) is 13.8 Å². The fourth-order valence-corrected chi connectivity index (χ4v) is 1.63. The number of rotatable bonds is 1. The van der Waals surface area contributed by atoms with Crippen LogP contribution in [0.1, 0.15) is 24.1 Å². The topological polar surface area (TPSA) is 58.4 Å². The van der Waals surface area contributed by atoms with E-state index >= 15 is 0 Å². The summed E-state index contributed by atoms with van der Waals surface area (Å²) >= 11 is 0. The van der Waals surface area contributed by atoms with E-state index in [-0.39, 0.29) is 6.03 Å². The Morgan fingerprint density at radius 3 is 2.60 bits per heavy atom. The standard InChI is InChI=1S/C10H15N3O2/c1-7-8(2)12-15-9(7)11-10(14)13-5-3-4-6-13/h3-6H2,1-2H3,(H,11,14). The molecule has 1 saturated heterocycles. The maximum atomic E-state index is 11.7. The largest absolute Gasteiger partial charge is 0.338 e. The highest BCUT2D eigenvalue weighted by molar-refractivity contribution is 5.88. The summed E-state index contributed by atoms with van der Waals surface area (Å²) in [5.41, 5.74) is 1.70. The van der Waals surface area contributed by atoms with E-state index in [1.165, 1.54) is 0 Å². The molecule has 0 aliphatic carbocycles. The molecule has 0 radical (unpaired) electrons. The number of aryl methyl sites for hydroxylation is 1. The first kappa shape index (κ1) is 10.0. The number of nitrogens with one attached hydrogen (secondary N) is 1. The molecule has 2 amide bonds. The van der Waals surface area contributed by atoms with E-state index in [4.69, 9.17) is 4.52 Å². The van der Waals surface area contributed by atoms with Gasteiger partial charge in [0.2, 0.25) is 5.88 Å². The number of anilines is 1. The third-order valence-corrected chi connectivity index (χ3v) is 2.77. The SMILES string of the molecule is Cc1noc(NC(=O)N2CCCC2)c1C. The number of likely N-dealkylation sites (tertiary alicyclic amines) is 1. The van der Waals surface area contributed by atoms with Crippen LogP contribution in [0.15, 0.2) is 4.52 Å². The van der Waals surface area contributed by atoms with E-state index in [0.29, 0.717) is 5.88 Å². The molecule has 0 saturated carbocycles.